The van der Waals surface area contributed by atoms with Gasteiger partial charge in [0.1, 0.15) is 5.69 Å². The van der Waals surface area contributed by atoms with Gasteiger partial charge in [0.15, 0.2) is 22.9 Å². The Morgan fingerprint density at radius 1 is 1.62 bits per heavy atom. The number of hydrogen-bond acceptors (Lipinski definition) is 5. The average molecular weight is 237 g/mol. The standard InChI is InChI=1S/C10H11N3O2S/c1-15-8-5-3-4-7(9(8)14)13-10(16-2)12-6-11/h3-5,14H,1-2H3,(H,12,13). The van der Waals surface area contributed by atoms with E-state index in [-0.39, 0.29) is 5.75 Å². The molecule has 0 aliphatic carbocycles. The van der Waals surface area contributed by atoms with Crippen molar-refractivity contribution in [1.82, 2.24) is 5.32 Å². The summed E-state index contributed by atoms with van der Waals surface area (Å²) in [6.45, 7) is 0. The number of phenolic OH excluding ortho intramolecular Hbond substituents is 1. The minimum Gasteiger partial charge on any atom is -0.503 e. The van der Waals surface area contributed by atoms with E-state index in [4.69, 9.17) is 10.00 Å². The van der Waals surface area contributed by atoms with E-state index >= 15 is 0 Å². The Labute approximate surface area is 97.8 Å². The number of aromatic hydroxyl groups is 1. The number of methoxy groups -OCH3 is 1. The van der Waals surface area contributed by atoms with Crippen molar-refractivity contribution in [3.63, 3.8) is 0 Å². The van der Waals surface area contributed by atoms with Crippen molar-refractivity contribution >= 4 is 22.6 Å². The number of aliphatic imine (C=N–C) groups is 1. The molecular weight excluding hydrogens is 226 g/mol. The summed E-state index contributed by atoms with van der Waals surface area (Å²) in [5.41, 5.74) is 0.353. The van der Waals surface area contributed by atoms with Crippen LogP contribution in [0.3, 0.4) is 0 Å². The summed E-state index contributed by atoms with van der Waals surface area (Å²) < 4.78 is 4.95. The SMILES string of the molecule is COc1cccc(N=C(NC#N)SC)c1O. The van der Waals surface area contributed by atoms with Gasteiger partial charge in [0.25, 0.3) is 0 Å². The second-order valence-corrected chi connectivity index (χ2v) is 3.48. The van der Waals surface area contributed by atoms with Crippen molar-refractivity contribution in [3.8, 4) is 17.7 Å². The molecule has 1 rings (SSSR count). The van der Waals surface area contributed by atoms with Crippen molar-refractivity contribution in [2.75, 3.05) is 13.4 Å². The number of para-hydroxylation sites is 1. The van der Waals surface area contributed by atoms with Crippen molar-refractivity contribution in [1.29, 1.82) is 5.26 Å². The lowest BCUT2D eigenvalue weighted by Gasteiger charge is -2.06. The molecular formula is C10H11N3O2S. The first-order chi connectivity index (χ1) is 7.72. The molecule has 0 radical (unpaired) electrons. The normalized spacial score (nSPS) is 10.7. The zero-order valence-electron chi connectivity index (χ0n) is 8.89. The molecule has 16 heavy (non-hydrogen) atoms. The predicted molar refractivity (Wildman–Crippen MR) is 64.0 cm³/mol. The van der Waals surface area contributed by atoms with Gasteiger partial charge in [-0.15, -0.1) is 0 Å². The summed E-state index contributed by atoms with van der Waals surface area (Å²) in [5.74, 6) is 0.301. The van der Waals surface area contributed by atoms with Gasteiger partial charge >= 0.3 is 0 Å². The van der Waals surface area contributed by atoms with Crippen LogP contribution in [0.1, 0.15) is 0 Å². The van der Waals surface area contributed by atoms with Gasteiger partial charge < -0.3 is 9.84 Å². The monoisotopic (exact) mass is 237 g/mol. The summed E-state index contributed by atoms with van der Waals surface area (Å²) in [6, 6.07) is 4.97. The summed E-state index contributed by atoms with van der Waals surface area (Å²) >= 11 is 1.28. The van der Waals surface area contributed by atoms with E-state index in [0.717, 1.165) is 0 Å². The first kappa shape index (κ1) is 12.2. The van der Waals surface area contributed by atoms with Crippen LogP contribution >= 0.6 is 11.8 Å². The van der Waals surface area contributed by atoms with Gasteiger partial charge in [0.05, 0.1) is 7.11 Å². The number of benzene rings is 1. The van der Waals surface area contributed by atoms with Crippen molar-refractivity contribution in [2.24, 2.45) is 4.99 Å². The molecule has 0 bridgehead atoms. The molecule has 0 fully saturated rings. The summed E-state index contributed by atoms with van der Waals surface area (Å²) in [4.78, 5) is 4.09. The van der Waals surface area contributed by atoms with Gasteiger partial charge in [-0.1, -0.05) is 17.8 Å². The van der Waals surface area contributed by atoms with Gasteiger partial charge in [-0.05, 0) is 18.4 Å². The molecule has 6 heteroatoms. The van der Waals surface area contributed by atoms with Crippen LogP contribution in [0.2, 0.25) is 0 Å². The van der Waals surface area contributed by atoms with Crippen LogP contribution in [-0.2, 0) is 0 Å². The summed E-state index contributed by atoms with van der Waals surface area (Å²) in [5, 5.41) is 21.0. The van der Waals surface area contributed by atoms with Crippen LogP contribution < -0.4 is 10.1 Å². The fraction of sp³-hybridized carbons (Fsp3) is 0.200. The molecule has 5 nitrogen and oxygen atoms in total. The van der Waals surface area contributed by atoms with Gasteiger partial charge in [0.2, 0.25) is 0 Å². The molecule has 1 aromatic rings. The number of phenols is 1. The maximum atomic E-state index is 9.75. The molecule has 0 heterocycles. The Balaban J connectivity index is 3.09. The molecule has 0 saturated carbocycles. The van der Waals surface area contributed by atoms with Crippen molar-refractivity contribution in [2.45, 2.75) is 0 Å². The van der Waals surface area contributed by atoms with E-state index in [0.29, 0.717) is 16.6 Å². The smallest absolute Gasteiger partial charge is 0.184 e. The van der Waals surface area contributed by atoms with Gasteiger partial charge in [-0.2, -0.15) is 5.26 Å². The highest BCUT2D eigenvalue weighted by Crippen LogP contribution is 2.35. The van der Waals surface area contributed by atoms with Crippen LogP contribution in [0.15, 0.2) is 23.2 Å². The molecule has 1 aromatic carbocycles. The summed E-state index contributed by atoms with van der Waals surface area (Å²) in [7, 11) is 1.46. The number of amidine groups is 1. The van der Waals surface area contributed by atoms with Crippen LogP contribution in [0.4, 0.5) is 5.69 Å². The molecule has 84 valence electrons. The molecule has 0 aliphatic rings. The van der Waals surface area contributed by atoms with Crippen LogP contribution in [-0.4, -0.2) is 23.6 Å². The lowest BCUT2D eigenvalue weighted by atomic mass is 10.3. The van der Waals surface area contributed by atoms with Gasteiger partial charge in [0, 0.05) is 0 Å². The fourth-order valence-corrected chi connectivity index (χ4v) is 1.38. The largest absolute Gasteiger partial charge is 0.503 e. The number of nitrogens with zero attached hydrogens (tertiary/aromatic N) is 2. The molecule has 0 spiro atoms. The second kappa shape index (κ2) is 5.88. The first-order valence-corrected chi connectivity index (χ1v) is 5.59. The maximum absolute atomic E-state index is 9.75. The van der Waals surface area contributed by atoms with E-state index in [2.05, 4.69) is 10.3 Å². The number of hydrogen-bond donors (Lipinski definition) is 2. The van der Waals surface area contributed by atoms with Gasteiger partial charge in [-0.3, -0.25) is 5.32 Å². The molecule has 0 unspecified atom stereocenters. The molecule has 0 aromatic heterocycles. The third-order valence-corrected chi connectivity index (χ3v) is 2.36. The van der Waals surface area contributed by atoms with E-state index in [1.54, 1.807) is 30.6 Å². The highest BCUT2D eigenvalue weighted by molar-refractivity contribution is 8.13. The maximum Gasteiger partial charge on any atom is 0.184 e. The van der Waals surface area contributed by atoms with Crippen LogP contribution in [0.5, 0.6) is 11.5 Å². The third-order valence-electron chi connectivity index (χ3n) is 1.78. The Bertz CT molecular complexity index is 440. The molecule has 2 N–H and O–H groups in total. The van der Waals surface area contributed by atoms with E-state index in [1.165, 1.54) is 18.9 Å². The lowest BCUT2D eigenvalue weighted by molar-refractivity contribution is 0.374. The Morgan fingerprint density at radius 3 is 2.94 bits per heavy atom. The van der Waals surface area contributed by atoms with Crippen LogP contribution in [0, 0.1) is 11.5 Å². The summed E-state index contributed by atoms with van der Waals surface area (Å²) in [6.07, 6.45) is 3.55. The average Bonchev–Trinajstić information content (AvgIpc) is 2.31. The highest BCUT2D eigenvalue weighted by atomic mass is 32.2. The predicted octanol–water partition coefficient (Wildman–Crippen LogP) is 1.82. The van der Waals surface area contributed by atoms with Gasteiger partial charge in [-0.25, -0.2) is 4.99 Å². The third kappa shape index (κ3) is 2.81. The Kier molecular flexibility index (Phi) is 4.48. The number of nitrogens with one attached hydrogen (secondary N) is 1. The molecule has 0 aliphatic heterocycles. The Hall–Kier alpha value is -1.87. The Morgan fingerprint density at radius 2 is 2.38 bits per heavy atom. The van der Waals surface area contributed by atoms with E-state index in [9.17, 15) is 5.11 Å². The number of ether oxygens (including phenoxy) is 1. The highest BCUT2D eigenvalue weighted by Gasteiger charge is 2.07. The number of nitriles is 1. The number of thioether (sulfide) groups is 1. The van der Waals surface area contributed by atoms with Crippen molar-refractivity contribution in [3.05, 3.63) is 18.2 Å². The molecule has 0 saturated heterocycles. The topological polar surface area (TPSA) is 77.6 Å². The van der Waals surface area contributed by atoms with Crippen molar-refractivity contribution < 1.29 is 9.84 Å². The second-order valence-electron chi connectivity index (χ2n) is 2.69. The number of rotatable bonds is 2. The molecule has 0 atom stereocenters. The zero-order chi connectivity index (χ0) is 12.0. The van der Waals surface area contributed by atoms with E-state index < -0.39 is 0 Å². The van der Waals surface area contributed by atoms with E-state index in [1.807, 2.05) is 0 Å². The lowest BCUT2D eigenvalue weighted by Crippen LogP contribution is -2.12. The molecule has 0 amide bonds. The first-order valence-electron chi connectivity index (χ1n) is 4.36. The minimum absolute atomic E-state index is 0.0451. The van der Waals surface area contributed by atoms with Crippen LogP contribution in [0.25, 0.3) is 0 Å². The zero-order valence-corrected chi connectivity index (χ0v) is 9.71. The fourth-order valence-electron chi connectivity index (χ4n) is 1.05. The minimum atomic E-state index is -0.0451. The quantitative estimate of drug-likeness (QED) is 0.355.